The lowest BCUT2D eigenvalue weighted by molar-refractivity contribution is -0.150. The van der Waals surface area contributed by atoms with Crippen molar-refractivity contribution in [2.24, 2.45) is 0 Å². The number of aliphatic hydroxyl groups excluding tert-OH is 3. The number of carbonyl (C=O) groups excluding carboxylic acids is 1. The van der Waals surface area contributed by atoms with E-state index < -0.39 is 5.97 Å². The lowest BCUT2D eigenvalue weighted by Gasteiger charge is -2.18. The van der Waals surface area contributed by atoms with E-state index in [-0.39, 0.29) is 37.8 Å². The van der Waals surface area contributed by atoms with Crippen LogP contribution in [0.15, 0.2) is 0 Å². The minimum absolute atomic E-state index is 0.0141. The second-order valence-electron chi connectivity index (χ2n) is 11.3. The maximum atomic E-state index is 12.5. The average molecular weight is 559 g/mol. The van der Waals surface area contributed by atoms with Crippen LogP contribution in [-0.4, -0.2) is 57.8 Å². The first kappa shape index (κ1) is 37.8. The van der Waals surface area contributed by atoms with Crippen molar-refractivity contribution >= 4 is 11.9 Å². The summed E-state index contributed by atoms with van der Waals surface area (Å²) in [5, 5.41) is 36.5. The molecule has 0 fully saturated rings. The van der Waals surface area contributed by atoms with E-state index in [4.69, 9.17) is 20.1 Å². The van der Waals surface area contributed by atoms with E-state index in [1.165, 1.54) is 0 Å². The Balaban J connectivity index is 3.92. The van der Waals surface area contributed by atoms with Gasteiger partial charge < -0.3 is 25.2 Å². The Morgan fingerprint density at radius 2 is 0.846 bits per heavy atom. The highest BCUT2D eigenvalue weighted by molar-refractivity contribution is 5.69. The summed E-state index contributed by atoms with van der Waals surface area (Å²) in [5.74, 6) is -0.797. The highest BCUT2D eigenvalue weighted by Gasteiger charge is 2.14. The van der Waals surface area contributed by atoms with E-state index >= 15 is 0 Å². The number of aliphatic carboxylic acids is 1. The Morgan fingerprint density at radius 1 is 0.487 bits per heavy atom. The van der Waals surface area contributed by atoms with Crippen LogP contribution in [0, 0.1) is 0 Å². The number of hydrogen-bond donors (Lipinski definition) is 4. The highest BCUT2D eigenvalue weighted by Crippen LogP contribution is 2.18. The van der Waals surface area contributed by atoms with Crippen LogP contribution in [0.5, 0.6) is 0 Å². The predicted molar refractivity (Wildman–Crippen MR) is 158 cm³/mol. The zero-order valence-corrected chi connectivity index (χ0v) is 25.0. The summed E-state index contributed by atoms with van der Waals surface area (Å²) in [5.41, 5.74) is 0. The molecule has 0 aliphatic heterocycles. The van der Waals surface area contributed by atoms with Gasteiger partial charge in [-0.15, -0.1) is 0 Å². The van der Waals surface area contributed by atoms with Gasteiger partial charge in [0.05, 0.1) is 6.10 Å². The summed E-state index contributed by atoms with van der Waals surface area (Å²) < 4.78 is 5.86. The summed E-state index contributed by atoms with van der Waals surface area (Å²) in [6.07, 6.45) is 24.4. The second-order valence-corrected chi connectivity index (χ2v) is 11.3. The van der Waals surface area contributed by atoms with Crippen molar-refractivity contribution in [3.05, 3.63) is 0 Å². The van der Waals surface area contributed by atoms with Crippen LogP contribution in [-0.2, 0) is 14.3 Å². The van der Waals surface area contributed by atoms with E-state index in [9.17, 15) is 14.7 Å². The van der Waals surface area contributed by atoms with Crippen molar-refractivity contribution in [1.82, 2.24) is 0 Å². The summed E-state index contributed by atoms with van der Waals surface area (Å²) in [6, 6.07) is 0. The van der Waals surface area contributed by atoms with Crippen LogP contribution < -0.4 is 0 Å². The number of aliphatic hydroxyl groups is 3. The first-order chi connectivity index (χ1) is 19.0. The molecule has 0 bridgehead atoms. The van der Waals surface area contributed by atoms with Crippen molar-refractivity contribution < 1.29 is 34.8 Å². The van der Waals surface area contributed by atoms with E-state index in [2.05, 4.69) is 0 Å². The zero-order valence-electron chi connectivity index (χ0n) is 25.0. The molecule has 0 saturated heterocycles. The van der Waals surface area contributed by atoms with Gasteiger partial charge in [-0.25, -0.2) is 0 Å². The normalized spacial score (nSPS) is 12.9. The number of carboxylic acids is 1. The smallest absolute Gasteiger partial charge is 0.306 e. The van der Waals surface area contributed by atoms with Crippen molar-refractivity contribution in [2.75, 3.05) is 13.2 Å². The molecule has 0 aromatic heterocycles. The van der Waals surface area contributed by atoms with Gasteiger partial charge >= 0.3 is 11.9 Å². The van der Waals surface area contributed by atoms with E-state index in [1.807, 2.05) is 0 Å². The highest BCUT2D eigenvalue weighted by atomic mass is 16.5. The average Bonchev–Trinajstić information content (AvgIpc) is 2.91. The van der Waals surface area contributed by atoms with Gasteiger partial charge in [0.15, 0.2) is 0 Å². The Hall–Kier alpha value is -1.18. The maximum absolute atomic E-state index is 12.5. The zero-order chi connectivity index (χ0) is 28.8. The molecule has 4 N–H and O–H groups in total. The number of ether oxygens (including phenoxy) is 1. The van der Waals surface area contributed by atoms with Gasteiger partial charge in [-0.05, 0) is 64.2 Å². The van der Waals surface area contributed by atoms with Crippen molar-refractivity contribution in [3.63, 3.8) is 0 Å². The van der Waals surface area contributed by atoms with Crippen LogP contribution in [0.1, 0.15) is 167 Å². The minimum Gasteiger partial charge on any atom is -0.481 e. The second kappa shape index (κ2) is 29.8. The van der Waals surface area contributed by atoms with Crippen molar-refractivity contribution in [1.29, 1.82) is 0 Å². The molecule has 0 spiro atoms. The number of hydrogen-bond acceptors (Lipinski definition) is 6. The fourth-order valence-corrected chi connectivity index (χ4v) is 5.05. The monoisotopic (exact) mass is 558 g/mol. The summed E-state index contributed by atoms with van der Waals surface area (Å²) in [7, 11) is 0. The number of unbranched alkanes of at least 4 members (excludes halogenated alkanes) is 16. The summed E-state index contributed by atoms with van der Waals surface area (Å²) in [6.45, 7) is 0.498. The topological polar surface area (TPSA) is 124 Å². The molecule has 0 aromatic rings. The molecule has 0 aromatic carbocycles. The molecular formula is C32H62O7. The Kier molecular flexibility index (Phi) is 28.9. The summed E-state index contributed by atoms with van der Waals surface area (Å²) >= 11 is 0. The Labute approximate surface area is 239 Å². The maximum Gasteiger partial charge on any atom is 0.306 e. The van der Waals surface area contributed by atoms with Gasteiger partial charge in [0.25, 0.3) is 0 Å². The molecule has 2 unspecified atom stereocenters. The molecule has 0 amide bonds. The molecule has 0 rings (SSSR count). The number of carbonyl (C=O) groups is 2. The molecular weight excluding hydrogens is 496 g/mol. The third kappa shape index (κ3) is 29.6. The fraction of sp³-hybridized carbons (Fsp3) is 0.938. The Morgan fingerprint density at radius 3 is 1.28 bits per heavy atom. The van der Waals surface area contributed by atoms with Gasteiger partial charge in [0.2, 0.25) is 0 Å². The van der Waals surface area contributed by atoms with Gasteiger partial charge in [-0.1, -0.05) is 89.9 Å². The molecule has 0 heterocycles. The van der Waals surface area contributed by atoms with E-state index in [1.54, 1.807) is 0 Å². The lowest BCUT2D eigenvalue weighted by atomic mass is 10.0. The van der Waals surface area contributed by atoms with Crippen LogP contribution in [0.4, 0.5) is 0 Å². The number of esters is 1. The van der Waals surface area contributed by atoms with Crippen LogP contribution >= 0.6 is 0 Å². The first-order valence-electron chi connectivity index (χ1n) is 16.3. The van der Waals surface area contributed by atoms with Crippen LogP contribution in [0.3, 0.4) is 0 Å². The predicted octanol–water partition coefficient (Wildman–Crippen LogP) is 7.47. The SMILES string of the molecule is O=C(O)CCCCCCCCC(CCCCCCO)OC(=O)CCCCCCCCC(O)CCCCCCO. The van der Waals surface area contributed by atoms with Crippen LogP contribution in [0.2, 0.25) is 0 Å². The molecule has 7 nitrogen and oxygen atoms in total. The molecule has 39 heavy (non-hydrogen) atoms. The molecule has 2 atom stereocenters. The third-order valence-electron chi connectivity index (χ3n) is 7.51. The Bertz CT molecular complexity index is 541. The fourth-order valence-electron chi connectivity index (χ4n) is 5.05. The molecule has 232 valence electrons. The summed E-state index contributed by atoms with van der Waals surface area (Å²) in [4.78, 5) is 23.0. The van der Waals surface area contributed by atoms with Crippen molar-refractivity contribution in [3.8, 4) is 0 Å². The van der Waals surface area contributed by atoms with E-state index in [0.717, 1.165) is 154 Å². The lowest BCUT2D eigenvalue weighted by Crippen LogP contribution is -2.18. The van der Waals surface area contributed by atoms with Crippen LogP contribution in [0.25, 0.3) is 0 Å². The van der Waals surface area contributed by atoms with Gasteiger partial charge in [-0.2, -0.15) is 0 Å². The van der Waals surface area contributed by atoms with Gasteiger partial charge in [0, 0.05) is 26.1 Å². The number of carboxylic acid groups (broad SMARTS) is 1. The van der Waals surface area contributed by atoms with E-state index in [0.29, 0.717) is 6.42 Å². The standard InChI is InChI=1S/C32H62O7/c33-27-19-11-9-14-22-29(35)21-13-5-1-4-8-18-26-32(38)39-30(24-16-10-12-20-28-34)23-15-6-2-3-7-17-25-31(36)37/h29-30,33-35H,1-28H2,(H,36,37). The minimum atomic E-state index is -0.719. The molecule has 7 heteroatoms. The first-order valence-corrected chi connectivity index (χ1v) is 16.3. The number of rotatable bonds is 31. The van der Waals surface area contributed by atoms with Gasteiger partial charge in [0.1, 0.15) is 6.10 Å². The van der Waals surface area contributed by atoms with Crippen molar-refractivity contribution in [2.45, 2.75) is 179 Å². The molecule has 0 saturated carbocycles. The largest absolute Gasteiger partial charge is 0.481 e. The molecule has 0 radical (unpaired) electrons. The van der Waals surface area contributed by atoms with Gasteiger partial charge in [-0.3, -0.25) is 9.59 Å². The molecule has 0 aliphatic carbocycles. The third-order valence-corrected chi connectivity index (χ3v) is 7.51. The quantitative estimate of drug-likeness (QED) is 0.0514. The molecule has 0 aliphatic rings.